The van der Waals surface area contributed by atoms with E-state index in [0.717, 1.165) is 9.13 Å². The van der Waals surface area contributed by atoms with Gasteiger partial charge in [-0.05, 0) is 70.6 Å². The third-order valence-electron chi connectivity index (χ3n) is 4.23. The molecule has 1 heterocycles. The first-order valence-electron chi connectivity index (χ1n) is 8.44. The maximum absolute atomic E-state index is 13.3. The van der Waals surface area contributed by atoms with Crippen LogP contribution in [0.25, 0.3) is 28.7 Å². The molecule has 0 spiro atoms. The van der Waals surface area contributed by atoms with Crippen LogP contribution >= 0.6 is 45.8 Å². The lowest BCUT2D eigenvalue weighted by Crippen LogP contribution is -2.22. The van der Waals surface area contributed by atoms with E-state index in [1.54, 1.807) is 18.2 Å². The number of halogens is 3. The molecule has 0 unspecified atom stereocenters. The van der Waals surface area contributed by atoms with Gasteiger partial charge in [0.2, 0.25) is 0 Å². The van der Waals surface area contributed by atoms with Gasteiger partial charge in [0, 0.05) is 8.59 Å². The summed E-state index contributed by atoms with van der Waals surface area (Å²) in [4.78, 5) is 18.1. The number of rotatable bonds is 3. The first-order chi connectivity index (χ1) is 13.5. The predicted molar refractivity (Wildman–Crippen MR) is 125 cm³/mol. The lowest BCUT2D eigenvalue weighted by molar-refractivity contribution is 0.944. The lowest BCUT2D eigenvalue weighted by Gasteiger charge is -2.13. The third-order valence-corrected chi connectivity index (χ3v) is 5.44. The van der Waals surface area contributed by atoms with Crippen molar-refractivity contribution in [1.29, 1.82) is 0 Å². The molecular formula is C22H13Cl2IN2O. The average Bonchev–Trinajstić information content (AvgIpc) is 2.69. The molecular weight excluding hydrogens is 506 g/mol. The summed E-state index contributed by atoms with van der Waals surface area (Å²) in [5.41, 5.74) is 2.00. The second kappa shape index (κ2) is 8.07. The summed E-state index contributed by atoms with van der Waals surface area (Å²) < 4.78 is 2.49. The van der Waals surface area contributed by atoms with Crippen molar-refractivity contribution in [3.05, 3.63) is 102 Å². The Bertz CT molecular complexity index is 1270. The minimum absolute atomic E-state index is 0.180. The van der Waals surface area contributed by atoms with Gasteiger partial charge < -0.3 is 0 Å². The van der Waals surface area contributed by atoms with Gasteiger partial charge in [-0.2, -0.15) is 0 Å². The normalized spacial score (nSPS) is 11.4. The fraction of sp³-hybridized carbons (Fsp3) is 0. The van der Waals surface area contributed by atoms with Gasteiger partial charge in [0.05, 0.1) is 21.6 Å². The first kappa shape index (κ1) is 19.2. The highest BCUT2D eigenvalue weighted by Crippen LogP contribution is 2.26. The van der Waals surface area contributed by atoms with Crippen LogP contribution in [0.15, 0.2) is 71.5 Å². The summed E-state index contributed by atoms with van der Waals surface area (Å²) in [5, 5.41) is 1.43. The summed E-state index contributed by atoms with van der Waals surface area (Å²) in [6.45, 7) is 0. The van der Waals surface area contributed by atoms with Crippen molar-refractivity contribution in [3.8, 4) is 5.69 Å². The number of benzene rings is 3. The average molecular weight is 519 g/mol. The van der Waals surface area contributed by atoms with Crippen LogP contribution in [0.3, 0.4) is 0 Å². The summed E-state index contributed by atoms with van der Waals surface area (Å²) >= 11 is 14.6. The van der Waals surface area contributed by atoms with E-state index >= 15 is 0 Å². The van der Waals surface area contributed by atoms with E-state index in [2.05, 4.69) is 22.6 Å². The minimum Gasteiger partial charge on any atom is -0.268 e. The van der Waals surface area contributed by atoms with Gasteiger partial charge in [0.1, 0.15) is 5.82 Å². The molecule has 1 aromatic heterocycles. The standard InChI is InChI=1S/C22H13Cl2IN2O/c23-15-7-10-20(18(24)12-15)27-21(11-6-14-4-2-1-3-5-14)26-19-9-8-16(25)13-17(19)22(27)28/h1-13H/b11-6+. The minimum atomic E-state index is -0.180. The SMILES string of the molecule is O=c1c2cc(I)ccc2nc(/C=C/c2ccccc2)n1-c1ccc(Cl)cc1Cl. The third kappa shape index (κ3) is 3.85. The Kier molecular flexibility index (Phi) is 5.53. The molecule has 0 bridgehead atoms. The molecule has 138 valence electrons. The van der Waals surface area contributed by atoms with Gasteiger partial charge in [0.25, 0.3) is 5.56 Å². The van der Waals surface area contributed by atoms with Crippen molar-refractivity contribution in [2.45, 2.75) is 0 Å². The molecule has 0 aliphatic rings. The van der Waals surface area contributed by atoms with E-state index in [9.17, 15) is 4.79 Å². The van der Waals surface area contributed by atoms with Gasteiger partial charge in [-0.1, -0.05) is 59.6 Å². The fourth-order valence-electron chi connectivity index (χ4n) is 2.92. The molecule has 0 saturated carbocycles. The monoisotopic (exact) mass is 518 g/mol. The van der Waals surface area contributed by atoms with E-state index in [-0.39, 0.29) is 5.56 Å². The van der Waals surface area contributed by atoms with E-state index < -0.39 is 0 Å². The van der Waals surface area contributed by atoms with Crippen LogP contribution in [-0.4, -0.2) is 9.55 Å². The fourth-order valence-corrected chi connectivity index (χ4v) is 3.90. The first-order valence-corrected chi connectivity index (χ1v) is 10.3. The van der Waals surface area contributed by atoms with Crippen LogP contribution in [0.4, 0.5) is 0 Å². The quantitative estimate of drug-likeness (QED) is 0.291. The molecule has 0 fully saturated rings. The van der Waals surface area contributed by atoms with Crippen LogP contribution in [0, 0.1) is 3.57 Å². The lowest BCUT2D eigenvalue weighted by atomic mass is 10.2. The highest BCUT2D eigenvalue weighted by atomic mass is 127. The van der Waals surface area contributed by atoms with Crippen LogP contribution in [0.1, 0.15) is 11.4 Å². The van der Waals surface area contributed by atoms with E-state index in [0.29, 0.717) is 32.5 Å². The molecule has 0 N–H and O–H groups in total. The molecule has 0 aliphatic carbocycles. The molecule has 0 radical (unpaired) electrons. The zero-order valence-corrected chi connectivity index (χ0v) is 18.1. The van der Waals surface area contributed by atoms with Gasteiger partial charge in [-0.25, -0.2) is 4.98 Å². The maximum Gasteiger partial charge on any atom is 0.266 e. The van der Waals surface area contributed by atoms with Gasteiger partial charge in [0.15, 0.2) is 0 Å². The molecule has 3 aromatic carbocycles. The van der Waals surface area contributed by atoms with Crippen molar-refractivity contribution in [1.82, 2.24) is 9.55 Å². The van der Waals surface area contributed by atoms with Crippen molar-refractivity contribution < 1.29 is 0 Å². The maximum atomic E-state index is 13.3. The Balaban J connectivity index is 2.00. The summed E-state index contributed by atoms with van der Waals surface area (Å²) in [5.74, 6) is 0.492. The Morgan fingerprint density at radius 2 is 1.71 bits per heavy atom. The Morgan fingerprint density at radius 3 is 2.46 bits per heavy atom. The van der Waals surface area contributed by atoms with E-state index in [1.807, 2.05) is 60.7 Å². The van der Waals surface area contributed by atoms with E-state index in [1.165, 1.54) is 4.57 Å². The summed E-state index contributed by atoms with van der Waals surface area (Å²) in [7, 11) is 0. The number of fused-ring (bicyclic) bond motifs is 1. The van der Waals surface area contributed by atoms with Crippen molar-refractivity contribution in [3.63, 3.8) is 0 Å². The molecule has 28 heavy (non-hydrogen) atoms. The second-order valence-corrected chi connectivity index (χ2v) is 8.20. The molecule has 0 amide bonds. The second-order valence-electron chi connectivity index (χ2n) is 6.11. The highest BCUT2D eigenvalue weighted by Gasteiger charge is 2.14. The van der Waals surface area contributed by atoms with Crippen molar-refractivity contribution >= 4 is 68.8 Å². The predicted octanol–water partition coefficient (Wildman–Crippen LogP) is 6.47. The molecule has 0 saturated heterocycles. The Morgan fingerprint density at radius 1 is 0.929 bits per heavy atom. The molecule has 6 heteroatoms. The highest BCUT2D eigenvalue weighted by molar-refractivity contribution is 14.1. The van der Waals surface area contributed by atoms with Crippen LogP contribution < -0.4 is 5.56 Å². The Labute approximate surface area is 185 Å². The topological polar surface area (TPSA) is 34.9 Å². The van der Waals surface area contributed by atoms with Crippen LogP contribution in [0.5, 0.6) is 0 Å². The van der Waals surface area contributed by atoms with E-state index in [4.69, 9.17) is 28.2 Å². The number of hydrogen-bond donors (Lipinski definition) is 0. The summed E-state index contributed by atoms with van der Waals surface area (Å²) in [6, 6.07) is 20.5. The van der Waals surface area contributed by atoms with Crippen LogP contribution in [0.2, 0.25) is 10.0 Å². The molecule has 4 aromatic rings. The number of aromatic nitrogens is 2. The smallest absolute Gasteiger partial charge is 0.266 e. The Hall–Kier alpha value is -2.15. The van der Waals surface area contributed by atoms with Gasteiger partial charge in [-0.15, -0.1) is 0 Å². The molecule has 3 nitrogen and oxygen atoms in total. The van der Waals surface area contributed by atoms with Crippen molar-refractivity contribution in [2.75, 3.05) is 0 Å². The van der Waals surface area contributed by atoms with Crippen molar-refractivity contribution in [2.24, 2.45) is 0 Å². The van der Waals surface area contributed by atoms with Gasteiger partial charge >= 0.3 is 0 Å². The molecule has 0 atom stereocenters. The molecule has 0 aliphatic heterocycles. The molecule has 4 rings (SSSR count). The van der Waals surface area contributed by atoms with Crippen LogP contribution in [-0.2, 0) is 0 Å². The zero-order chi connectivity index (χ0) is 19.7. The van der Waals surface area contributed by atoms with Gasteiger partial charge in [-0.3, -0.25) is 9.36 Å². The number of nitrogens with zero attached hydrogens (tertiary/aromatic N) is 2. The largest absolute Gasteiger partial charge is 0.268 e. The summed E-state index contributed by atoms with van der Waals surface area (Å²) in [6.07, 6.45) is 3.74. The number of hydrogen-bond acceptors (Lipinski definition) is 2. The zero-order valence-electron chi connectivity index (χ0n) is 14.4.